The molecule has 4 rings (SSSR count). The number of nitrogens with one attached hydrogen (secondary N) is 1. The van der Waals surface area contributed by atoms with Crippen molar-refractivity contribution in [2.45, 2.75) is 30.5 Å². The maximum Gasteiger partial charge on any atom is 0.418 e. The molecule has 1 aliphatic rings. The van der Waals surface area contributed by atoms with Gasteiger partial charge in [0.1, 0.15) is 16.1 Å². The highest BCUT2D eigenvalue weighted by molar-refractivity contribution is 8.00. The summed E-state index contributed by atoms with van der Waals surface area (Å²) in [6, 6.07) is 4.92. The van der Waals surface area contributed by atoms with Gasteiger partial charge in [-0.1, -0.05) is 35.2 Å². The van der Waals surface area contributed by atoms with Gasteiger partial charge < -0.3 is 10.2 Å². The molecule has 30 heavy (non-hydrogen) atoms. The molecular weight excluding hydrogens is 435 g/mol. The number of alkyl halides is 3. The lowest BCUT2D eigenvalue weighted by molar-refractivity contribution is -0.137. The van der Waals surface area contributed by atoms with E-state index in [2.05, 4.69) is 25.2 Å². The molecule has 0 bridgehead atoms. The van der Waals surface area contributed by atoms with E-state index in [0.717, 1.165) is 53.6 Å². The van der Waals surface area contributed by atoms with E-state index >= 15 is 0 Å². The molecular formula is C19H18F3N5OS2. The summed E-state index contributed by atoms with van der Waals surface area (Å²) in [6.07, 6.45) is 0.324. The Morgan fingerprint density at radius 1 is 1.17 bits per heavy atom. The molecule has 0 spiro atoms. The van der Waals surface area contributed by atoms with Crippen LogP contribution in [0.4, 0.5) is 24.0 Å². The number of thioether (sulfide) groups is 1. The molecule has 3 heterocycles. The minimum Gasteiger partial charge on any atom is -0.348 e. The molecule has 1 N–H and O–H groups in total. The third kappa shape index (κ3) is 4.67. The number of nitrogens with zero attached hydrogens (tertiary/aromatic N) is 4. The third-order valence-electron chi connectivity index (χ3n) is 4.62. The van der Waals surface area contributed by atoms with Crippen LogP contribution in [-0.4, -0.2) is 39.7 Å². The second-order valence-corrected chi connectivity index (χ2v) is 8.70. The number of para-hydroxylation sites is 1. The van der Waals surface area contributed by atoms with Crippen LogP contribution in [0.3, 0.4) is 0 Å². The molecule has 0 radical (unpaired) electrons. The van der Waals surface area contributed by atoms with Crippen molar-refractivity contribution in [2.75, 3.05) is 29.1 Å². The van der Waals surface area contributed by atoms with Crippen LogP contribution < -0.4 is 10.2 Å². The maximum atomic E-state index is 13.1. The molecule has 1 aliphatic heterocycles. The average molecular weight is 454 g/mol. The summed E-state index contributed by atoms with van der Waals surface area (Å²) >= 11 is 2.64. The number of thiazole rings is 1. The summed E-state index contributed by atoms with van der Waals surface area (Å²) < 4.78 is 40.1. The molecule has 0 saturated carbocycles. The number of aromatic nitrogens is 3. The van der Waals surface area contributed by atoms with Gasteiger partial charge >= 0.3 is 6.18 Å². The first-order chi connectivity index (χ1) is 14.4. The Labute approximate surface area is 178 Å². The number of benzene rings is 1. The summed E-state index contributed by atoms with van der Waals surface area (Å²) in [7, 11) is 0. The second kappa shape index (κ2) is 8.76. The zero-order valence-electron chi connectivity index (χ0n) is 15.8. The van der Waals surface area contributed by atoms with Gasteiger partial charge in [0, 0.05) is 13.1 Å². The monoisotopic (exact) mass is 453 g/mol. The molecule has 3 aromatic rings. The highest BCUT2D eigenvalue weighted by Crippen LogP contribution is 2.36. The van der Waals surface area contributed by atoms with Crippen molar-refractivity contribution in [3.05, 3.63) is 36.2 Å². The molecule has 2 aromatic heterocycles. The lowest BCUT2D eigenvalue weighted by atomic mass is 10.1. The number of fused-ring (bicyclic) bond motifs is 1. The number of anilines is 2. The van der Waals surface area contributed by atoms with E-state index in [1.165, 1.54) is 42.3 Å². The highest BCUT2D eigenvalue weighted by Gasteiger charge is 2.33. The Morgan fingerprint density at radius 3 is 2.70 bits per heavy atom. The van der Waals surface area contributed by atoms with Gasteiger partial charge in [-0.2, -0.15) is 18.2 Å². The van der Waals surface area contributed by atoms with Crippen LogP contribution >= 0.6 is 23.1 Å². The van der Waals surface area contributed by atoms with Crippen LogP contribution in [0, 0.1) is 0 Å². The molecule has 0 atom stereocenters. The first-order valence-electron chi connectivity index (χ1n) is 9.37. The fourth-order valence-electron chi connectivity index (χ4n) is 3.21. The Hall–Kier alpha value is -2.40. The summed E-state index contributed by atoms with van der Waals surface area (Å²) in [4.78, 5) is 27.6. The van der Waals surface area contributed by atoms with Gasteiger partial charge in [-0.3, -0.25) is 4.79 Å². The first kappa shape index (κ1) is 20.9. The Bertz CT molecular complexity index is 1050. The van der Waals surface area contributed by atoms with E-state index in [-0.39, 0.29) is 11.4 Å². The molecule has 0 aliphatic carbocycles. The van der Waals surface area contributed by atoms with Crippen LogP contribution in [0.1, 0.15) is 24.8 Å². The number of hydrogen-bond acceptors (Lipinski definition) is 7. The molecule has 1 aromatic carbocycles. The fourth-order valence-corrected chi connectivity index (χ4v) is 5.15. The lowest BCUT2D eigenvalue weighted by Gasteiger charge is -2.25. The molecule has 1 fully saturated rings. The molecule has 158 valence electrons. The van der Waals surface area contributed by atoms with Gasteiger partial charge in [0.15, 0.2) is 10.8 Å². The number of carbonyl (C=O) groups excluding carboxylic acids is 1. The predicted octanol–water partition coefficient (Wildman–Crippen LogP) is 4.83. The Morgan fingerprint density at radius 2 is 1.93 bits per heavy atom. The number of amides is 1. The minimum absolute atomic E-state index is 0.0742. The highest BCUT2D eigenvalue weighted by atomic mass is 32.2. The van der Waals surface area contributed by atoms with Crippen LogP contribution in [0.25, 0.3) is 10.3 Å². The number of rotatable bonds is 5. The van der Waals surface area contributed by atoms with Gasteiger partial charge in [-0.25, -0.2) is 9.97 Å². The summed E-state index contributed by atoms with van der Waals surface area (Å²) in [5, 5.41) is 3.83. The summed E-state index contributed by atoms with van der Waals surface area (Å²) in [5.74, 6) is -0.612. The molecule has 1 saturated heterocycles. The Balaban J connectivity index is 1.46. The molecule has 6 nitrogen and oxygen atoms in total. The van der Waals surface area contributed by atoms with Crippen LogP contribution in [0.5, 0.6) is 0 Å². The lowest BCUT2D eigenvalue weighted by Crippen LogP contribution is -2.29. The van der Waals surface area contributed by atoms with Gasteiger partial charge in [0.25, 0.3) is 0 Å². The average Bonchev–Trinajstić information content (AvgIpc) is 3.17. The smallest absolute Gasteiger partial charge is 0.348 e. The van der Waals surface area contributed by atoms with Crippen LogP contribution in [0.2, 0.25) is 0 Å². The minimum atomic E-state index is -4.54. The molecule has 11 heteroatoms. The number of piperidine rings is 1. The van der Waals surface area contributed by atoms with E-state index in [4.69, 9.17) is 0 Å². The largest absolute Gasteiger partial charge is 0.418 e. The van der Waals surface area contributed by atoms with E-state index in [1.54, 1.807) is 0 Å². The maximum absolute atomic E-state index is 13.1. The van der Waals surface area contributed by atoms with Gasteiger partial charge in [-0.05, 0) is 31.4 Å². The van der Waals surface area contributed by atoms with E-state index in [1.807, 2.05) is 0 Å². The number of halogens is 3. The van der Waals surface area contributed by atoms with Crippen molar-refractivity contribution in [1.29, 1.82) is 0 Å². The van der Waals surface area contributed by atoms with Crippen LogP contribution in [0.15, 0.2) is 35.6 Å². The van der Waals surface area contributed by atoms with E-state index < -0.39 is 17.6 Å². The summed E-state index contributed by atoms with van der Waals surface area (Å²) in [5.41, 5.74) is -0.559. The van der Waals surface area contributed by atoms with Crippen molar-refractivity contribution in [1.82, 2.24) is 15.0 Å². The summed E-state index contributed by atoms with van der Waals surface area (Å²) in [6.45, 7) is 1.91. The second-order valence-electron chi connectivity index (χ2n) is 6.76. The van der Waals surface area contributed by atoms with Crippen molar-refractivity contribution < 1.29 is 18.0 Å². The quantitative estimate of drug-likeness (QED) is 0.441. The number of carbonyl (C=O) groups is 1. The van der Waals surface area contributed by atoms with E-state index in [9.17, 15) is 18.0 Å². The SMILES string of the molecule is O=C(CSc1ncnc2nc(N3CCCCC3)sc12)Nc1ccccc1C(F)(F)F. The zero-order chi connectivity index (χ0) is 21.1. The molecule has 0 unspecified atom stereocenters. The number of hydrogen-bond donors (Lipinski definition) is 1. The predicted molar refractivity (Wildman–Crippen MR) is 112 cm³/mol. The zero-order valence-corrected chi connectivity index (χ0v) is 17.4. The normalized spacial score (nSPS) is 14.8. The van der Waals surface area contributed by atoms with Gasteiger partial charge in [0.05, 0.1) is 17.0 Å². The standard InChI is InChI=1S/C19H18F3N5OS2/c20-19(21,22)12-6-2-3-7-13(12)25-14(28)10-29-17-15-16(23-11-24-17)26-18(30-15)27-8-4-1-5-9-27/h2-3,6-7,11H,1,4-5,8-10H2,(H,25,28). The van der Waals surface area contributed by atoms with Crippen molar-refractivity contribution in [2.24, 2.45) is 0 Å². The topological polar surface area (TPSA) is 71.0 Å². The van der Waals surface area contributed by atoms with Crippen molar-refractivity contribution >= 4 is 50.2 Å². The fraction of sp³-hybridized carbons (Fsp3) is 0.368. The van der Waals surface area contributed by atoms with Gasteiger partial charge in [0.2, 0.25) is 5.91 Å². The van der Waals surface area contributed by atoms with Crippen LogP contribution in [-0.2, 0) is 11.0 Å². The first-order valence-corrected chi connectivity index (χ1v) is 11.2. The Kier molecular flexibility index (Phi) is 6.09. The van der Waals surface area contributed by atoms with Gasteiger partial charge in [-0.15, -0.1) is 0 Å². The van der Waals surface area contributed by atoms with Crippen molar-refractivity contribution in [3.8, 4) is 0 Å². The van der Waals surface area contributed by atoms with Crippen molar-refractivity contribution in [3.63, 3.8) is 0 Å². The third-order valence-corrected chi connectivity index (χ3v) is 6.85. The van der Waals surface area contributed by atoms with E-state index in [0.29, 0.717) is 10.7 Å². The molecule has 1 amide bonds.